The van der Waals surface area contributed by atoms with Crippen LogP contribution in [-0.2, 0) is 11.2 Å². The van der Waals surface area contributed by atoms with E-state index in [1.165, 1.54) is 12.0 Å². The van der Waals surface area contributed by atoms with Crippen molar-refractivity contribution in [3.05, 3.63) is 34.9 Å². The molecule has 2 rings (SSSR count). The van der Waals surface area contributed by atoms with Crippen molar-refractivity contribution >= 4 is 18.0 Å². The smallest absolute Gasteiger partial charge is 0.169 e. The van der Waals surface area contributed by atoms with Crippen molar-refractivity contribution in [1.29, 1.82) is 0 Å². The second-order valence-corrected chi connectivity index (χ2v) is 3.78. The monoisotopic (exact) mass is 209 g/mol. The van der Waals surface area contributed by atoms with Crippen LogP contribution in [0.15, 0.2) is 29.3 Å². The van der Waals surface area contributed by atoms with E-state index in [1.54, 1.807) is 0 Å². The van der Waals surface area contributed by atoms with Gasteiger partial charge in [-0.2, -0.15) is 0 Å². The summed E-state index contributed by atoms with van der Waals surface area (Å²) < 4.78 is 5.05. The van der Waals surface area contributed by atoms with Gasteiger partial charge in [0.15, 0.2) is 6.40 Å². The maximum Gasteiger partial charge on any atom is 0.169 e. The van der Waals surface area contributed by atoms with E-state index in [2.05, 4.69) is 11.1 Å². The van der Waals surface area contributed by atoms with Crippen molar-refractivity contribution in [2.45, 2.75) is 18.9 Å². The topological polar surface area (TPSA) is 21.6 Å². The molecule has 0 aliphatic carbocycles. The van der Waals surface area contributed by atoms with E-state index in [1.807, 2.05) is 18.2 Å². The fraction of sp³-hybridized carbons (Fsp3) is 0.364. The minimum absolute atomic E-state index is 0.311. The van der Waals surface area contributed by atoms with Crippen LogP contribution in [-0.4, -0.2) is 19.0 Å². The Balaban J connectivity index is 1.91. The molecule has 1 aromatic carbocycles. The summed E-state index contributed by atoms with van der Waals surface area (Å²) in [6.45, 7) is 0.713. The Labute approximate surface area is 88.6 Å². The predicted octanol–water partition coefficient (Wildman–Crippen LogP) is 2.70. The zero-order valence-corrected chi connectivity index (χ0v) is 8.57. The number of rotatable bonds is 3. The lowest BCUT2D eigenvalue weighted by Gasteiger charge is -2.06. The SMILES string of the molecule is Clc1ccccc1CCC1COC=N1. The average Bonchev–Trinajstić information content (AvgIpc) is 2.69. The third-order valence-corrected chi connectivity index (χ3v) is 2.71. The van der Waals surface area contributed by atoms with Crippen LogP contribution in [0.1, 0.15) is 12.0 Å². The van der Waals surface area contributed by atoms with Gasteiger partial charge >= 0.3 is 0 Å². The largest absolute Gasteiger partial charge is 0.481 e. The van der Waals surface area contributed by atoms with Crippen LogP contribution >= 0.6 is 11.6 Å². The first-order chi connectivity index (χ1) is 6.86. The summed E-state index contributed by atoms with van der Waals surface area (Å²) >= 11 is 6.04. The van der Waals surface area contributed by atoms with E-state index >= 15 is 0 Å². The highest BCUT2D eigenvalue weighted by molar-refractivity contribution is 6.31. The maximum atomic E-state index is 6.04. The molecule has 2 nitrogen and oxygen atoms in total. The molecule has 1 aliphatic heterocycles. The Morgan fingerprint density at radius 1 is 1.43 bits per heavy atom. The van der Waals surface area contributed by atoms with E-state index in [-0.39, 0.29) is 0 Å². The van der Waals surface area contributed by atoms with Crippen molar-refractivity contribution in [1.82, 2.24) is 0 Å². The average molecular weight is 210 g/mol. The second-order valence-electron chi connectivity index (χ2n) is 3.37. The molecule has 1 aromatic rings. The molecule has 1 heterocycles. The van der Waals surface area contributed by atoms with Crippen molar-refractivity contribution in [2.24, 2.45) is 4.99 Å². The molecule has 1 atom stereocenters. The first-order valence-electron chi connectivity index (χ1n) is 4.73. The van der Waals surface area contributed by atoms with Crippen LogP contribution < -0.4 is 0 Å². The van der Waals surface area contributed by atoms with Crippen molar-refractivity contribution < 1.29 is 4.74 Å². The van der Waals surface area contributed by atoms with Gasteiger partial charge in [0.05, 0.1) is 6.04 Å². The fourth-order valence-electron chi connectivity index (χ4n) is 1.51. The Morgan fingerprint density at radius 2 is 2.29 bits per heavy atom. The summed E-state index contributed by atoms with van der Waals surface area (Å²) in [6.07, 6.45) is 3.50. The molecule has 0 radical (unpaired) electrons. The summed E-state index contributed by atoms with van der Waals surface area (Å²) in [6, 6.07) is 8.25. The maximum absolute atomic E-state index is 6.04. The molecule has 0 saturated carbocycles. The molecule has 1 aliphatic rings. The van der Waals surface area contributed by atoms with Gasteiger partial charge in [-0.05, 0) is 24.5 Å². The molecular formula is C11H12ClNO. The number of nitrogens with zero attached hydrogens (tertiary/aromatic N) is 1. The second kappa shape index (κ2) is 4.47. The van der Waals surface area contributed by atoms with Crippen LogP contribution in [0.3, 0.4) is 0 Å². The Hall–Kier alpha value is -1.02. The third-order valence-electron chi connectivity index (χ3n) is 2.34. The van der Waals surface area contributed by atoms with Gasteiger partial charge in [-0.25, -0.2) is 0 Å². The van der Waals surface area contributed by atoms with Gasteiger partial charge in [0, 0.05) is 5.02 Å². The van der Waals surface area contributed by atoms with Gasteiger partial charge < -0.3 is 4.74 Å². The summed E-state index contributed by atoms with van der Waals surface area (Å²) in [5, 5.41) is 0.843. The lowest BCUT2D eigenvalue weighted by atomic mass is 10.1. The summed E-state index contributed by atoms with van der Waals surface area (Å²) in [7, 11) is 0. The van der Waals surface area contributed by atoms with Crippen LogP contribution in [0, 0.1) is 0 Å². The molecule has 1 unspecified atom stereocenters. The van der Waals surface area contributed by atoms with Crippen LogP contribution in [0.4, 0.5) is 0 Å². The normalized spacial score (nSPS) is 19.6. The van der Waals surface area contributed by atoms with Crippen molar-refractivity contribution in [2.75, 3.05) is 6.61 Å². The molecule has 0 amide bonds. The standard InChI is InChI=1S/C11H12ClNO/c12-11-4-2-1-3-9(11)5-6-10-7-14-8-13-10/h1-4,8,10H,5-7H2. The highest BCUT2D eigenvalue weighted by Crippen LogP contribution is 2.18. The molecule has 0 N–H and O–H groups in total. The van der Waals surface area contributed by atoms with Gasteiger partial charge in [0.1, 0.15) is 6.61 Å². The first kappa shape index (κ1) is 9.53. The van der Waals surface area contributed by atoms with Gasteiger partial charge in [-0.3, -0.25) is 4.99 Å². The zero-order chi connectivity index (χ0) is 9.80. The van der Waals surface area contributed by atoms with Crippen LogP contribution in [0.5, 0.6) is 0 Å². The molecule has 14 heavy (non-hydrogen) atoms. The van der Waals surface area contributed by atoms with Crippen molar-refractivity contribution in [3.63, 3.8) is 0 Å². The summed E-state index contributed by atoms with van der Waals surface area (Å²) in [5.41, 5.74) is 1.19. The third kappa shape index (κ3) is 2.26. The number of hydrogen-bond donors (Lipinski definition) is 0. The van der Waals surface area contributed by atoms with Gasteiger partial charge in [0.2, 0.25) is 0 Å². The highest BCUT2D eigenvalue weighted by Gasteiger charge is 2.11. The number of aryl methyl sites for hydroxylation is 1. The Morgan fingerprint density at radius 3 is 3.00 bits per heavy atom. The number of halogens is 1. The summed E-state index contributed by atoms with van der Waals surface area (Å²) in [5.74, 6) is 0. The van der Waals surface area contributed by atoms with Crippen molar-refractivity contribution in [3.8, 4) is 0 Å². The molecule has 74 valence electrons. The van der Waals surface area contributed by atoms with E-state index in [0.717, 1.165) is 17.9 Å². The molecule has 3 heteroatoms. The Kier molecular flexibility index (Phi) is 3.04. The van der Waals surface area contributed by atoms with Crippen LogP contribution in [0.2, 0.25) is 5.02 Å². The van der Waals surface area contributed by atoms with E-state index < -0.39 is 0 Å². The number of benzene rings is 1. The van der Waals surface area contributed by atoms with E-state index in [9.17, 15) is 0 Å². The number of hydrogen-bond acceptors (Lipinski definition) is 2. The quantitative estimate of drug-likeness (QED) is 0.750. The van der Waals surface area contributed by atoms with Gasteiger partial charge in [0.25, 0.3) is 0 Å². The lowest BCUT2D eigenvalue weighted by Crippen LogP contribution is -2.07. The van der Waals surface area contributed by atoms with Crippen LogP contribution in [0.25, 0.3) is 0 Å². The Bertz CT molecular complexity index is 338. The molecule has 0 saturated heterocycles. The van der Waals surface area contributed by atoms with Gasteiger partial charge in [-0.15, -0.1) is 0 Å². The predicted molar refractivity (Wildman–Crippen MR) is 58.0 cm³/mol. The number of ether oxygens (including phenoxy) is 1. The number of aliphatic imine (C=N–C) groups is 1. The van der Waals surface area contributed by atoms with E-state index in [0.29, 0.717) is 12.6 Å². The minimum atomic E-state index is 0.311. The summed E-state index contributed by atoms with van der Waals surface area (Å²) in [4.78, 5) is 4.19. The molecular weight excluding hydrogens is 198 g/mol. The van der Waals surface area contributed by atoms with E-state index in [4.69, 9.17) is 16.3 Å². The fourth-order valence-corrected chi connectivity index (χ4v) is 1.74. The minimum Gasteiger partial charge on any atom is -0.481 e. The highest BCUT2D eigenvalue weighted by atomic mass is 35.5. The van der Waals surface area contributed by atoms with Gasteiger partial charge in [-0.1, -0.05) is 29.8 Å². The lowest BCUT2D eigenvalue weighted by molar-refractivity contribution is 0.322. The molecule has 0 bridgehead atoms. The molecule has 0 aromatic heterocycles. The molecule has 0 spiro atoms. The first-order valence-corrected chi connectivity index (χ1v) is 5.11. The molecule has 0 fully saturated rings. The zero-order valence-electron chi connectivity index (χ0n) is 7.82.